The first-order chi connectivity index (χ1) is 9.72. The molecule has 0 atom stereocenters. The Morgan fingerprint density at radius 3 is 2.85 bits per heavy atom. The van der Waals surface area contributed by atoms with Crippen LogP contribution in [-0.4, -0.2) is 14.3 Å². The number of rotatable bonds is 4. The van der Waals surface area contributed by atoms with Crippen LogP contribution in [0.25, 0.3) is 10.9 Å². The van der Waals surface area contributed by atoms with Crippen molar-refractivity contribution in [3.63, 3.8) is 0 Å². The van der Waals surface area contributed by atoms with E-state index in [1.54, 1.807) is 0 Å². The van der Waals surface area contributed by atoms with E-state index in [-0.39, 0.29) is 0 Å². The van der Waals surface area contributed by atoms with Gasteiger partial charge in [0.25, 0.3) is 0 Å². The SMILES string of the molecule is CCn1nc(C)cc1Cn1ccc2c(CN)cccc21. The van der Waals surface area contributed by atoms with E-state index in [4.69, 9.17) is 5.73 Å². The highest BCUT2D eigenvalue weighted by molar-refractivity contribution is 5.83. The fourth-order valence-electron chi connectivity index (χ4n) is 2.78. The largest absolute Gasteiger partial charge is 0.341 e. The molecule has 2 heterocycles. The number of hydrogen-bond donors (Lipinski definition) is 1. The van der Waals surface area contributed by atoms with Gasteiger partial charge in [0.1, 0.15) is 0 Å². The minimum Gasteiger partial charge on any atom is -0.341 e. The lowest BCUT2D eigenvalue weighted by Crippen LogP contribution is -2.07. The van der Waals surface area contributed by atoms with Gasteiger partial charge in [0, 0.05) is 30.2 Å². The maximum atomic E-state index is 5.80. The molecule has 0 spiro atoms. The molecule has 2 N–H and O–H groups in total. The van der Waals surface area contributed by atoms with Crippen molar-refractivity contribution in [1.29, 1.82) is 0 Å². The van der Waals surface area contributed by atoms with E-state index in [0.29, 0.717) is 6.54 Å². The fourth-order valence-corrected chi connectivity index (χ4v) is 2.78. The summed E-state index contributed by atoms with van der Waals surface area (Å²) in [4.78, 5) is 0. The molecule has 0 fully saturated rings. The van der Waals surface area contributed by atoms with Crippen LogP contribution >= 0.6 is 0 Å². The van der Waals surface area contributed by atoms with Gasteiger partial charge >= 0.3 is 0 Å². The van der Waals surface area contributed by atoms with Crippen molar-refractivity contribution in [3.8, 4) is 0 Å². The van der Waals surface area contributed by atoms with Crippen molar-refractivity contribution in [2.75, 3.05) is 0 Å². The summed E-state index contributed by atoms with van der Waals surface area (Å²) in [6.07, 6.45) is 2.13. The van der Waals surface area contributed by atoms with Crippen LogP contribution in [-0.2, 0) is 19.6 Å². The maximum Gasteiger partial charge on any atom is 0.0645 e. The van der Waals surface area contributed by atoms with E-state index in [1.165, 1.54) is 22.2 Å². The van der Waals surface area contributed by atoms with Crippen LogP contribution in [0, 0.1) is 6.92 Å². The first kappa shape index (κ1) is 12.9. The Kier molecular flexibility index (Phi) is 3.32. The van der Waals surface area contributed by atoms with Crippen LogP contribution < -0.4 is 5.73 Å². The van der Waals surface area contributed by atoms with Gasteiger partial charge in [0.2, 0.25) is 0 Å². The molecule has 0 aliphatic heterocycles. The molecule has 3 aromatic rings. The van der Waals surface area contributed by atoms with Crippen LogP contribution in [0.1, 0.15) is 23.9 Å². The Labute approximate surface area is 118 Å². The van der Waals surface area contributed by atoms with Gasteiger partial charge in [-0.15, -0.1) is 0 Å². The molecule has 0 aliphatic rings. The summed E-state index contributed by atoms with van der Waals surface area (Å²) in [5, 5.41) is 5.75. The molecule has 4 heteroatoms. The number of aryl methyl sites for hydroxylation is 2. The standard InChI is InChI=1S/C16H20N4/c1-3-20-14(9-12(2)18-20)11-19-8-7-15-13(10-17)5-4-6-16(15)19/h4-9H,3,10-11,17H2,1-2H3. The molecule has 0 aliphatic carbocycles. The highest BCUT2D eigenvalue weighted by Gasteiger charge is 2.08. The van der Waals surface area contributed by atoms with E-state index in [1.807, 2.05) is 6.92 Å². The summed E-state index contributed by atoms with van der Waals surface area (Å²) in [5.74, 6) is 0. The molecule has 0 unspecified atom stereocenters. The summed E-state index contributed by atoms with van der Waals surface area (Å²) in [6.45, 7) is 6.47. The van der Waals surface area contributed by atoms with Gasteiger partial charge in [-0.25, -0.2) is 0 Å². The van der Waals surface area contributed by atoms with Crippen LogP contribution in [0.2, 0.25) is 0 Å². The highest BCUT2D eigenvalue weighted by atomic mass is 15.3. The zero-order valence-electron chi connectivity index (χ0n) is 12.0. The summed E-state index contributed by atoms with van der Waals surface area (Å²) >= 11 is 0. The van der Waals surface area contributed by atoms with Crippen molar-refractivity contribution < 1.29 is 0 Å². The molecule has 0 saturated carbocycles. The second-order valence-electron chi connectivity index (χ2n) is 5.09. The molecule has 20 heavy (non-hydrogen) atoms. The third kappa shape index (κ3) is 2.12. The molecule has 0 amide bonds. The molecular weight excluding hydrogens is 248 g/mol. The Hall–Kier alpha value is -2.07. The minimum absolute atomic E-state index is 0.577. The lowest BCUT2D eigenvalue weighted by molar-refractivity contribution is 0.602. The monoisotopic (exact) mass is 268 g/mol. The van der Waals surface area contributed by atoms with Crippen LogP contribution in [0.3, 0.4) is 0 Å². The van der Waals surface area contributed by atoms with E-state index < -0.39 is 0 Å². The Morgan fingerprint density at radius 2 is 2.10 bits per heavy atom. The molecule has 0 radical (unpaired) electrons. The highest BCUT2D eigenvalue weighted by Crippen LogP contribution is 2.21. The number of fused-ring (bicyclic) bond motifs is 1. The average molecular weight is 268 g/mol. The molecule has 104 valence electrons. The molecule has 4 nitrogen and oxygen atoms in total. The zero-order chi connectivity index (χ0) is 14.1. The van der Waals surface area contributed by atoms with Crippen molar-refractivity contribution in [3.05, 3.63) is 53.5 Å². The number of benzene rings is 1. The Morgan fingerprint density at radius 1 is 1.25 bits per heavy atom. The third-order valence-corrected chi connectivity index (χ3v) is 3.74. The van der Waals surface area contributed by atoms with Crippen LogP contribution in [0.5, 0.6) is 0 Å². The summed E-state index contributed by atoms with van der Waals surface area (Å²) in [7, 11) is 0. The number of nitrogens with zero attached hydrogens (tertiary/aromatic N) is 3. The minimum atomic E-state index is 0.577. The summed E-state index contributed by atoms with van der Waals surface area (Å²) in [5.41, 5.74) is 10.5. The van der Waals surface area contributed by atoms with Gasteiger partial charge in [0.15, 0.2) is 0 Å². The molecule has 0 saturated heterocycles. The third-order valence-electron chi connectivity index (χ3n) is 3.74. The quantitative estimate of drug-likeness (QED) is 0.791. The second-order valence-corrected chi connectivity index (χ2v) is 5.09. The predicted octanol–water partition coefficient (Wildman–Crippen LogP) is 2.67. The lowest BCUT2D eigenvalue weighted by atomic mass is 10.1. The maximum absolute atomic E-state index is 5.80. The van der Waals surface area contributed by atoms with E-state index in [0.717, 1.165) is 18.8 Å². The Bertz CT molecular complexity index is 736. The fraction of sp³-hybridized carbons (Fsp3) is 0.312. The van der Waals surface area contributed by atoms with Gasteiger partial charge in [-0.2, -0.15) is 5.10 Å². The number of hydrogen-bond acceptors (Lipinski definition) is 2. The van der Waals surface area contributed by atoms with Gasteiger partial charge in [0.05, 0.1) is 17.9 Å². The van der Waals surface area contributed by atoms with Crippen molar-refractivity contribution >= 4 is 10.9 Å². The molecule has 2 aromatic heterocycles. The topological polar surface area (TPSA) is 48.8 Å². The van der Waals surface area contributed by atoms with Crippen LogP contribution in [0.15, 0.2) is 36.5 Å². The molecule has 1 aromatic carbocycles. The van der Waals surface area contributed by atoms with E-state index >= 15 is 0 Å². The normalized spacial score (nSPS) is 11.3. The summed E-state index contributed by atoms with van der Waals surface area (Å²) in [6, 6.07) is 10.6. The smallest absolute Gasteiger partial charge is 0.0645 e. The Balaban J connectivity index is 2.03. The first-order valence-corrected chi connectivity index (χ1v) is 7.03. The van der Waals surface area contributed by atoms with E-state index in [9.17, 15) is 0 Å². The summed E-state index contributed by atoms with van der Waals surface area (Å²) < 4.78 is 4.32. The van der Waals surface area contributed by atoms with Crippen molar-refractivity contribution in [2.24, 2.45) is 5.73 Å². The number of aromatic nitrogens is 3. The van der Waals surface area contributed by atoms with Crippen LogP contribution in [0.4, 0.5) is 0 Å². The van der Waals surface area contributed by atoms with Gasteiger partial charge in [-0.05, 0) is 37.6 Å². The lowest BCUT2D eigenvalue weighted by Gasteiger charge is -2.08. The van der Waals surface area contributed by atoms with Crippen molar-refractivity contribution in [2.45, 2.75) is 33.5 Å². The first-order valence-electron chi connectivity index (χ1n) is 7.03. The molecular formula is C16H20N4. The number of nitrogens with two attached hydrogens (primary N) is 1. The van der Waals surface area contributed by atoms with E-state index in [2.05, 4.69) is 57.8 Å². The van der Waals surface area contributed by atoms with Gasteiger partial charge in [-0.1, -0.05) is 12.1 Å². The zero-order valence-corrected chi connectivity index (χ0v) is 12.0. The molecule has 0 bridgehead atoms. The van der Waals surface area contributed by atoms with Gasteiger partial charge < -0.3 is 10.3 Å². The predicted molar refractivity (Wildman–Crippen MR) is 81.6 cm³/mol. The molecule has 3 rings (SSSR count). The second kappa shape index (κ2) is 5.13. The van der Waals surface area contributed by atoms with Gasteiger partial charge in [-0.3, -0.25) is 4.68 Å². The van der Waals surface area contributed by atoms with Crippen molar-refractivity contribution in [1.82, 2.24) is 14.3 Å². The average Bonchev–Trinajstić information content (AvgIpc) is 3.03.